The monoisotopic (exact) mass is 446 g/mol. The van der Waals surface area contributed by atoms with Gasteiger partial charge in [-0.3, -0.25) is 4.79 Å². The molecule has 0 atom stereocenters. The van der Waals surface area contributed by atoms with E-state index in [9.17, 15) is 4.79 Å². The number of hydrogen-bond donors (Lipinski definition) is 0. The van der Waals surface area contributed by atoms with E-state index in [4.69, 9.17) is 18.9 Å². The van der Waals surface area contributed by atoms with Gasteiger partial charge < -0.3 is 18.9 Å². The molecule has 3 rings (SSSR count). The number of methoxy groups -OCH3 is 2. The molecule has 0 amide bonds. The van der Waals surface area contributed by atoms with E-state index in [0.29, 0.717) is 45.0 Å². The summed E-state index contributed by atoms with van der Waals surface area (Å²) in [5.74, 6) is 0.432. The Morgan fingerprint density at radius 1 is 1.25 bits per heavy atom. The molecule has 0 radical (unpaired) electrons. The molecular weight excluding hydrogens is 424 g/mol. The van der Waals surface area contributed by atoms with Gasteiger partial charge in [0, 0.05) is 25.0 Å². The van der Waals surface area contributed by atoms with Crippen molar-refractivity contribution in [3.63, 3.8) is 0 Å². The minimum absolute atomic E-state index is 0.244. The van der Waals surface area contributed by atoms with Gasteiger partial charge in [0.1, 0.15) is 17.2 Å². The summed E-state index contributed by atoms with van der Waals surface area (Å²) in [6.07, 6.45) is 1.63. The molecule has 2 aromatic rings. The van der Waals surface area contributed by atoms with Gasteiger partial charge in [-0.25, -0.2) is 0 Å². The van der Waals surface area contributed by atoms with Crippen LogP contribution in [0.1, 0.15) is 46.5 Å². The summed E-state index contributed by atoms with van der Waals surface area (Å²) >= 11 is 3.57. The first-order valence-electron chi connectivity index (χ1n) is 8.81. The van der Waals surface area contributed by atoms with Gasteiger partial charge in [0.2, 0.25) is 11.6 Å². The summed E-state index contributed by atoms with van der Waals surface area (Å²) in [6.45, 7) is 9.69. The van der Waals surface area contributed by atoms with Gasteiger partial charge in [-0.15, -0.1) is 0 Å². The third-order valence-electron chi connectivity index (χ3n) is 4.78. The van der Waals surface area contributed by atoms with Gasteiger partial charge in [-0.1, -0.05) is 24.8 Å². The van der Waals surface area contributed by atoms with E-state index in [2.05, 4.69) is 22.5 Å². The van der Waals surface area contributed by atoms with Crippen molar-refractivity contribution in [1.29, 1.82) is 0 Å². The lowest BCUT2D eigenvalue weighted by atomic mass is 9.92. The predicted molar refractivity (Wildman–Crippen MR) is 111 cm³/mol. The molecule has 1 aliphatic rings. The van der Waals surface area contributed by atoms with Crippen LogP contribution in [0.5, 0.6) is 17.2 Å². The van der Waals surface area contributed by atoms with Crippen molar-refractivity contribution in [3.05, 3.63) is 57.1 Å². The lowest BCUT2D eigenvalue weighted by Crippen LogP contribution is -2.36. The molecule has 0 aliphatic carbocycles. The first-order valence-corrected chi connectivity index (χ1v) is 9.61. The zero-order valence-electron chi connectivity index (χ0n) is 16.6. The molecule has 0 fully saturated rings. The lowest BCUT2D eigenvalue weighted by molar-refractivity contribution is -0.180. The predicted octanol–water partition coefficient (Wildman–Crippen LogP) is 5.29. The molecule has 6 heteroatoms. The van der Waals surface area contributed by atoms with Crippen molar-refractivity contribution in [3.8, 4) is 17.2 Å². The molecule has 0 saturated heterocycles. The normalized spacial score (nSPS) is 14.6. The Hall–Kier alpha value is -2.31. The maximum Gasteiger partial charge on any atom is 0.205 e. The van der Waals surface area contributed by atoms with Crippen molar-refractivity contribution in [2.45, 2.75) is 33.2 Å². The highest BCUT2D eigenvalue weighted by atomic mass is 79.9. The molecule has 1 aliphatic heterocycles. The molecule has 0 spiro atoms. The third kappa shape index (κ3) is 3.31. The Kier molecular flexibility index (Phi) is 5.55. The quantitative estimate of drug-likeness (QED) is 0.583. The van der Waals surface area contributed by atoms with Crippen LogP contribution in [0.3, 0.4) is 0 Å². The van der Waals surface area contributed by atoms with Gasteiger partial charge in [-0.2, -0.15) is 0 Å². The summed E-state index contributed by atoms with van der Waals surface area (Å²) in [7, 11) is 3.10. The van der Waals surface area contributed by atoms with Gasteiger partial charge >= 0.3 is 0 Å². The second kappa shape index (κ2) is 7.60. The van der Waals surface area contributed by atoms with E-state index in [1.54, 1.807) is 19.3 Å². The Morgan fingerprint density at radius 2 is 1.96 bits per heavy atom. The number of hydrogen-bond acceptors (Lipinski definition) is 5. The minimum Gasteiger partial charge on any atom is -0.496 e. The molecule has 1 heterocycles. The van der Waals surface area contributed by atoms with Crippen LogP contribution >= 0.6 is 15.9 Å². The summed E-state index contributed by atoms with van der Waals surface area (Å²) in [5.41, 5.74) is 3.12. The van der Waals surface area contributed by atoms with Crippen molar-refractivity contribution in [2.24, 2.45) is 0 Å². The molecule has 0 bridgehead atoms. The summed E-state index contributed by atoms with van der Waals surface area (Å²) < 4.78 is 23.5. The summed E-state index contributed by atoms with van der Waals surface area (Å²) in [4.78, 5) is 13.8. The number of ketones is 1. The average molecular weight is 447 g/mol. The van der Waals surface area contributed by atoms with Gasteiger partial charge in [0.05, 0.1) is 36.4 Å². The zero-order chi connectivity index (χ0) is 20.6. The van der Waals surface area contributed by atoms with Crippen molar-refractivity contribution in [1.82, 2.24) is 0 Å². The van der Waals surface area contributed by atoms with Gasteiger partial charge in [0.25, 0.3) is 0 Å². The van der Waals surface area contributed by atoms with Crippen LogP contribution in [0.15, 0.2) is 29.3 Å². The largest absolute Gasteiger partial charge is 0.496 e. The Morgan fingerprint density at radius 3 is 2.57 bits per heavy atom. The second-order valence-electron chi connectivity index (χ2n) is 6.90. The summed E-state index contributed by atoms with van der Waals surface area (Å²) in [6, 6.07) is 5.39. The smallest absolute Gasteiger partial charge is 0.205 e. The van der Waals surface area contributed by atoms with E-state index in [-0.39, 0.29) is 5.78 Å². The van der Waals surface area contributed by atoms with Crippen molar-refractivity contribution < 1.29 is 23.7 Å². The number of ether oxygens (including phenoxy) is 4. The maximum atomic E-state index is 13.8. The zero-order valence-corrected chi connectivity index (χ0v) is 18.2. The fraction of sp³-hybridized carbons (Fsp3) is 0.318. The highest BCUT2D eigenvalue weighted by molar-refractivity contribution is 9.10. The van der Waals surface area contributed by atoms with E-state index in [0.717, 1.165) is 11.1 Å². The number of fused-ring (bicyclic) bond motifs is 1. The Balaban J connectivity index is 2.34. The Bertz CT molecular complexity index is 962. The fourth-order valence-electron chi connectivity index (χ4n) is 3.35. The Labute approximate surface area is 173 Å². The molecule has 148 valence electrons. The molecule has 0 N–H and O–H groups in total. The first-order chi connectivity index (χ1) is 13.3. The van der Waals surface area contributed by atoms with Crippen LogP contribution in [0.2, 0.25) is 0 Å². The highest BCUT2D eigenvalue weighted by Gasteiger charge is 2.36. The van der Waals surface area contributed by atoms with Crippen molar-refractivity contribution in [2.75, 3.05) is 14.2 Å². The molecule has 28 heavy (non-hydrogen) atoms. The standard InChI is InChI=1S/C22H23BrO5/c1-7-13-9-8-10-15(25-5)16(13)19(24)17-18(23)20(26-6)12(2)14-11-27-22(3,4)28-21(14)17/h7-10H,1,11H2,2-6H3. The molecular formula is C22H23BrO5. The van der Waals surface area contributed by atoms with Crippen LogP contribution in [0.25, 0.3) is 6.08 Å². The van der Waals surface area contributed by atoms with Crippen molar-refractivity contribution >= 4 is 27.8 Å². The van der Waals surface area contributed by atoms with Crippen LogP contribution in [-0.2, 0) is 11.3 Å². The lowest BCUT2D eigenvalue weighted by Gasteiger charge is -2.35. The highest BCUT2D eigenvalue weighted by Crippen LogP contribution is 2.47. The van der Waals surface area contributed by atoms with E-state index >= 15 is 0 Å². The van der Waals surface area contributed by atoms with Gasteiger partial charge in [-0.05, 0) is 34.5 Å². The SMILES string of the molecule is C=Cc1cccc(OC)c1C(=O)c1c(Br)c(OC)c(C)c2c1OC(C)(C)OC2. The molecule has 5 nitrogen and oxygen atoms in total. The van der Waals surface area contributed by atoms with Crippen LogP contribution in [0, 0.1) is 6.92 Å². The maximum absolute atomic E-state index is 13.8. The van der Waals surface area contributed by atoms with E-state index in [1.165, 1.54) is 7.11 Å². The second-order valence-corrected chi connectivity index (χ2v) is 7.70. The molecule has 0 unspecified atom stereocenters. The van der Waals surface area contributed by atoms with Crippen LogP contribution in [-0.4, -0.2) is 25.8 Å². The van der Waals surface area contributed by atoms with Crippen LogP contribution in [0.4, 0.5) is 0 Å². The number of benzene rings is 2. The number of carbonyl (C=O) groups excluding carboxylic acids is 1. The summed E-state index contributed by atoms with van der Waals surface area (Å²) in [5, 5.41) is 0. The fourth-order valence-corrected chi connectivity index (χ4v) is 4.16. The minimum atomic E-state index is -0.857. The van der Waals surface area contributed by atoms with Gasteiger partial charge in [0.15, 0.2) is 0 Å². The van der Waals surface area contributed by atoms with E-state index in [1.807, 2.05) is 32.9 Å². The van der Waals surface area contributed by atoms with Crippen LogP contribution < -0.4 is 14.2 Å². The topological polar surface area (TPSA) is 54.0 Å². The number of carbonyl (C=O) groups is 1. The average Bonchev–Trinajstić information content (AvgIpc) is 2.66. The number of rotatable bonds is 5. The molecule has 0 aromatic heterocycles. The molecule has 2 aromatic carbocycles. The molecule has 0 saturated carbocycles. The number of halogens is 1. The first kappa shape index (κ1) is 20.4. The van der Waals surface area contributed by atoms with E-state index < -0.39 is 5.79 Å². The third-order valence-corrected chi connectivity index (χ3v) is 5.54.